The van der Waals surface area contributed by atoms with E-state index >= 15 is 0 Å². The SMILES string of the molecule is CN(CC(=O)Nc1cc(F)ccc1NC(=O)c1ccccn1)C(=O)c1ccc(Br)s1. The van der Waals surface area contributed by atoms with Crippen LogP contribution in [-0.4, -0.2) is 41.2 Å². The molecule has 154 valence electrons. The molecule has 0 aliphatic rings. The first-order chi connectivity index (χ1) is 14.3. The van der Waals surface area contributed by atoms with Gasteiger partial charge in [0.15, 0.2) is 0 Å². The number of anilines is 2. The zero-order valence-corrected chi connectivity index (χ0v) is 18.1. The highest BCUT2D eigenvalue weighted by atomic mass is 79.9. The molecule has 30 heavy (non-hydrogen) atoms. The number of halogens is 2. The summed E-state index contributed by atoms with van der Waals surface area (Å²) in [7, 11) is 1.49. The van der Waals surface area contributed by atoms with Crippen LogP contribution in [-0.2, 0) is 4.79 Å². The Morgan fingerprint density at radius 2 is 1.90 bits per heavy atom. The van der Waals surface area contributed by atoms with E-state index in [4.69, 9.17) is 0 Å². The van der Waals surface area contributed by atoms with Crippen molar-refractivity contribution in [2.75, 3.05) is 24.2 Å². The van der Waals surface area contributed by atoms with Crippen LogP contribution in [0.3, 0.4) is 0 Å². The van der Waals surface area contributed by atoms with Crippen LogP contribution in [0.5, 0.6) is 0 Å². The quantitative estimate of drug-likeness (QED) is 0.545. The molecule has 0 saturated heterocycles. The van der Waals surface area contributed by atoms with Crippen LogP contribution in [0.2, 0.25) is 0 Å². The van der Waals surface area contributed by atoms with E-state index in [2.05, 4.69) is 31.5 Å². The molecule has 0 bridgehead atoms. The summed E-state index contributed by atoms with van der Waals surface area (Å²) in [6.45, 7) is -0.251. The maximum absolute atomic E-state index is 13.7. The van der Waals surface area contributed by atoms with Crippen LogP contribution < -0.4 is 10.6 Å². The number of carbonyl (C=O) groups is 3. The monoisotopic (exact) mass is 490 g/mol. The van der Waals surface area contributed by atoms with Crippen LogP contribution in [0.4, 0.5) is 15.8 Å². The van der Waals surface area contributed by atoms with Crippen LogP contribution in [0.15, 0.2) is 58.5 Å². The van der Waals surface area contributed by atoms with Gasteiger partial charge in [0.25, 0.3) is 11.8 Å². The highest BCUT2D eigenvalue weighted by molar-refractivity contribution is 9.11. The van der Waals surface area contributed by atoms with Gasteiger partial charge in [-0.1, -0.05) is 6.07 Å². The standard InChI is InChI=1S/C20H16BrFN4O3S/c1-26(20(29)16-7-8-17(21)30-16)11-18(27)24-15-10-12(22)5-6-13(15)25-19(28)14-4-2-3-9-23-14/h2-10H,11H2,1H3,(H,24,27)(H,25,28). The highest BCUT2D eigenvalue weighted by Gasteiger charge is 2.18. The van der Waals surface area contributed by atoms with E-state index < -0.39 is 17.6 Å². The summed E-state index contributed by atoms with van der Waals surface area (Å²) in [5.74, 6) is -1.95. The normalized spacial score (nSPS) is 10.4. The second-order valence-corrected chi connectivity index (χ2v) is 8.64. The minimum atomic E-state index is -0.589. The van der Waals surface area contributed by atoms with Crippen molar-refractivity contribution in [3.8, 4) is 0 Å². The lowest BCUT2D eigenvalue weighted by molar-refractivity contribution is -0.116. The fourth-order valence-electron chi connectivity index (χ4n) is 2.51. The van der Waals surface area contributed by atoms with Gasteiger partial charge in [-0.15, -0.1) is 11.3 Å². The Bertz CT molecular complexity index is 1090. The van der Waals surface area contributed by atoms with Gasteiger partial charge in [-0.2, -0.15) is 0 Å². The molecule has 3 amide bonds. The second-order valence-electron chi connectivity index (χ2n) is 6.17. The number of amides is 3. The summed E-state index contributed by atoms with van der Waals surface area (Å²) in [6.07, 6.45) is 1.47. The molecule has 0 aliphatic carbocycles. The van der Waals surface area contributed by atoms with Gasteiger partial charge in [-0.3, -0.25) is 19.4 Å². The van der Waals surface area contributed by atoms with E-state index in [-0.39, 0.29) is 29.5 Å². The number of pyridine rings is 1. The number of rotatable bonds is 6. The van der Waals surface area contributed by atoms with Crippen molar-refractivity contribution < 1.29 is 18.8 Å². The largest absolute Gasteiger partial charge is 0.332 e. The van der Waals surface area contributed by atoms with Crippen molar-refractivity contribution in [2.24, 2.45) is 0 Å². The zero-order chi connectivity index (χ0) is 21.7. The molecular formula is C20H16BrFN4O3S. The van der Waals surface area contributed by atoms with E-state index in [0.717, 1.165) is 15.9 Å². The third kappa shape index (κ3) is 5.49. The highest BCUT2D eigenvalue weighted by Crippen LogP contribution is 2.24. The summed E-state index contributed by atoms with van der Waals surface area (Å²) in [6, 6.07) is 11.8. The van der Waals surface area contributed by atoms with Crippen LogP contribution in [0.1, 0.15) is 20.2 Å². The molecule has 7 nitrogen and oxygen atoms in total. The van der Waals surface area contributed by atoms with Crippen molar-refractivity contribution in [3.05, 3.63) is 74.9 Å². The number of carbonyl (C=O) groups excluding carboxylic acids is 3. The van der Waals surface area contributed by atoms with Crippen molar-refractivity contribution in [2.45, 2.75) is 0 Å². The molecular weight excluding hydrogens is 475 g/mol. The molecule has 2 heterocycles. The number of hydrogen-bond acceptors (Lipinski definition) is 5. The molecule has 10 heteroatoms. The summed E-state index contributed by atoms with van der Waals surface area (Å²) in [5, 5.41) is 5.13. The number of aromatic nitrogens is 1. The average molecular weight is 491 g/mol. The van der Waals surface area contributed by atoms with Gasteiger partial charge >= 0.3 is 0 Å². The van der Waals surface area contributed by atoms with Gasteiger partial charge in [0.2, 0.25) is 5.91 Å². The lowest BCUT2D eigenvalue weighted by Gasteiger charge is -2.17. The van der Waals surface area contributed by atoms with Gasteiger partial charge in [0, 0.05) is 13.2 Å². The van der Waals surface area contributed by atoms with Gasteiger partial charge < -0.3 is 15.5 Å². The fourth-order valence-corrected chi connectivity index (χ4v) is 3.89. The van der Waals surface area contributed by atoms with Gasteiger partial charge in [0.05, 0.1) is 26.6 Å². The number of likely N-dealkylation sites (N-methyl/N-ethyl adjacent to an activating group) is 1. The van der Waals surface area contributed by atoms with E-state index in [1.165, 1.54) is 41.6 Å². The summed E-state index contributed by atoms with van der Waals surface area (Å²) < 4.78 is 14.5. The maximum atomic E-state index is 13.7. The van der Waals surface area contributed by atoms with E-state index in [1.807, 2.05) is 0 Å². The summed E-state index contributed by atoms with van der Waals surface area (Å²) in [4.78, 5) is 42.8. The molecule has 0 radical (unpaired) electrons. The molecule has 2 N–H and O–H groups in total. The Balaban J connectivity index is 1.69. The van der Waals surface area contributed by atoms with Crippen molar-refractivity contribution >= 4 is 56.4 Å². The topological polar surface area (TPSA) is 91.4 Å². The smallest absolute Gasteiger partial charge is 0.274 e. The third-order valence-corrected chi connectivity index (χ3v) is 5.52. The molecule has 0 unspecified atom stereocenters. The number of nitrogens with one attached hydrogen (secondary N) is 2. The third-order valence-electron chi connectivity index (χ3n) is 3.91. The molecule has 0 saturated carbocycles. The number of nitrogens with zero attached hydrogens (tertiary/aromatic N) is 2. The molecule has 0 spiro atoms. The molecule has 0 atom stereocenters. The van der Waals surface area contributed by atoms with E-state index in [9.17, 15) is 18.8 Å². The van der Waals surface area contributed by atoms with Gasteiger partial charge in [0.1, 0.15) is 11.5 Å². The Labute approximate surface area is 184 Å². The van der Waals surface area contributed by atoms with Crippen molar-refractivity contribution in [1.29, 1.82) is 0 Å². The maximum Gasteiger partial charge on any atom is 0.274 e. The Kier molecular flexibility index (Phi) is 6.91. The molecule has 1 aromatic carbocycles. The Morgan fingerprint density at radius 1 is 1.10 bits per heavy atom. The zero-order valence-electron chi connectivity index (χ0n) is 15.7. The fraction of sp³-hybridized carbons (Fsp3) is 0.100. The molecule has 3 rings (SSSR count). The predicted octanol–water partition coefficient (Wildman–Crippen LogP) is 4.01. The minimum Gasteiger partial charge on any atom is -0.332 e. The lowest BCUT2D eigenvalue weighted by Crippen LogP contribution is -2.34. The number of thiophene rings is 1. The minimum absolute atomic E-state index is 0.0731. The number of hydrogen-bond donors (Lipinski definition) is 2. The van der Waals surface area contributed by atoms with Crippen LogP contribution in [0, 0.1) is 5.82 Å². The van der Waals surface area contributed by atoms with E-state index in [1.54, 1.807) is 24.3 Å². The first-order valence-corrected chi connectivity index (χ1v) is 10.3. The lowest BCUT2D eigenvalue weighted by atomic mass is 10.2. The first-order valence-electron chi connectivity index (χ1n) is 8.66. The summed E-state index contributed by atoms with van der Waals surface area (Å²) >= 11 is 4.54. The molecule has 3 aromatic rings. The summed E-state index contributed by atoms with van der Waals surface area (Å²) in [5.41, 5.74) is 0.451. The first kappa shape index (κ1) is 21.6. The molecule has 0 aliphatic heterocycles. The average Bonchev–Trinajstić information content (AvgIpc) is 3.16. The van der Waals surface area contributed by atoms with Gasteiger partial charge in [-0.25, -0.2) is 4.39 Å². The Hall–Kier alpha value is -3.11. The van der Waals surface area contributed by atoms with Crippen LogP contribution >= 0.6 is 27.3 Å². The van der Waals surface area contributed by atoms with Crippen LogP contribution in [0.25, 0.3) is 0 Å². The second kappa shape index (κ2) is 9.59. The molecule has 0 fully saturated rings. The van der Waals surface area contributed by atoms with Crippen molar-refractivity contribution in [3.63, 3.8) is 0 Å². The van der Waals surface area contributed by atoms with Gasteiger partial charge in [-0.05, 0) is 58.4 Å². The molecule has 2 aromatic heterocycles. The van der Waals surface area contributed by atoms with E-state index in [0.29, 0.717) is 4.88 Å². The Morgan fingerprint density at radius 3 is 2.57 bits per heavy atom. The van der Waals surface area contributed by atoms with Crippen molar-refractivity contribution in [1.82, 2.24) is 9.88 Å². The predicted molar refractivity (Wildman–Crippen MR) is 116 cm³/mol. The number of benzene rings is 1.